The molecule has 1 aromatic carbocycles. The number of aromatic nitrogens is 2. The summed E-state index contributed by atoms with van der Waals surface area (Å²) in [6.07, 6.45) is 7.97. The molecule has 3 rings (SSSR count). The maximum Gasteiger partial charge on any atom is 0.137 e. The third kappa shape index (κ3) is 2.22. The van der Waals surface area contributed by atoms with E-state index in [4.69, 9.17) is 0 Å². The normalized spacial score (nSPS) is 11.4. The van der Waals surface area contributed by atoms with Crippen molar-refractivity contribution in [2.75, 3.05) is 0 Å². The second kappa shape index (κ2) is 4.78. The average Bonchev–Trinajstić information content (AvgIpc) is 2.82. The monoisotopic (exact) mass is 298 g/mol. The fraction of sp³-hybridized carbons (Fsp3) is 0. The maximum absolute atomic E-state index is 4.27. The first-order valence-corrected chi connectivity index (χ1v) is 6.48. The Morgan fingerprint density at radius 1 is 1.06 bits per heavy atom. The van der Waals surface area contributed by atoms with Gasteiger partial charge in [-0.1, -0.05) is 40.2 Å². The van der Waals surface area contributed by atoms with Gasteiger partial charge in [-0.05, 0) is 29.8 Å². The van der Waals surface area contributed by atoms with Crippen LogP contribution in [0.15, 0.2) is 53.3 Å². The Bertz CT molecular complexity index is 696. The average molecular weight is 299 g/mol. The first-order chi connectivity index (χ1) is 8.83. The number of H-pyrrole nitrogens is 1. The van der Waals surface area contributed by atoms with Crippen molar-refractivity contribution in [3.05, 3.63) is 64.4 Å². The number of rotatable bonds is 2. The maximum atomic E-state index is 4.27. The summed E-state index contributed by atoms with van der Waals surface area (Å²) >= 11 is 3.43. The lowest BCUT2D eigenvalue weighted by Crippen LogP contribution is -1.73. The molecule has 3 heteroatoms. The minimum atomic E-state index is 0.924. The van der Waals surface area contributed by atoms with Gasteiger partial charge < -0.3 is 4.98 Å². The van der Waals surface area contributed by atoms with Crippen LogP contribution < -0.4 is 0 Å². The van der Waals surface area contributed by atoms with Crippen molar-refractivity contribution in [1.82, 2.24) is 9.97 Å². The van der Waals surface area contributed by atoms with E-state index in [2.05, 4.69) is 56.2 Å². The molecular weight excluding hydrogens is 288 g/mol. The zero-order valence-electron chi connectivity index (χ0n) is 9.60. The Kier molecular flexibility index (Phi) is 2.99. The van der Waals surface area contributed by atoms with E-state index in [0.717, 1.165) is 21.1 Å². The summed E-state index contributed by atoms with van der Waals surface area (Å²) in [7, 11) is 0. The fourth-order valence-corrected chi connectivity index (χ4v) is 2.14. The molecule has 88 valence electrons. The molecule has 1 N–H and O–H groups in total. The van der Waals surface area contributed by atoms with E-state index in [1.165, 1.54) is 5.56 Å². The van der Waals surface area contributed by atoms with E-state index in [1.54, 1.807) is 6.20 Å². The number of nitrogens with zero attached hydrogens (tertiary/aromatic N) is 1. The highest BCUT2D eigenvalue weighted by molar-refractivity contribution is 9.10. The van der Waals surface area contributed by atoms with Crippen LogP contribution in [0.3, 0.4) is 0 Å². The number of fused-ring (bicyclic) bond motifs is 1. The zero-order valence-corrected chi connectivity index (χ0v) is 11.2. The predicted molar refractivity (Wildman–Crippen MR) is 79.2 cm³/mol. The number of pyridine rings is 1. The topological polar surface area (TPSA) is 28.7 Å². The van der Waals surface area contributed by atoms with Crippen LogP contribution in [0.1, 0.15) is 11.1 Å². The van der Waals surface area contributed by atoms with E-state index in [9.17, 15) is 0 Å². The molecule has 0 atom stereocenters. The molecular formula is C15H11BrN2. The summed E-state index contributed by atoms with van der Waals surface area (Å²) < 4.78 is 1.09. The molecule has 0 spiro atoms. The molecule has 0 fully saturated rings. The van der Waals surface area contributed by atoms with Gasteiger partial charge in [0.2, 0.25) is 0 Å². The summed E-state index contributed by atoms with van der Waals surface area (Å²) in [5.74, 6) is 0. The summed E-state index contributed by atoms with van der Waals surface area (Å²) in [5.41, 5.74) is 3.26. The molecule has 0 unspecified atom stereocenters. The Morgan fingerprint density at radius 3 is 2.72 bits per heavy atom. The highest BCUT2D eigenvalue weighted by Crippen LogP contribution is 2.19. The molecule has 2 aromatic heterocycles. The first-order valence-electron chi connectivity index (χ1n) is 5.69. The van der Waals surface area contributed by atoms with E-state index < -0.39 is 0 Å². The zero-order chi connectivity index (χ0) is 12.4. The Balaban J connectivity index is 1.94. The molecule has 2 heterocycles. The van der Waals surface area contributed by atoms with Gasteiger partial charge in [-0.15, -0.1) is 0 Å². The van der Waals surface area contributed by atoms with Gasteiger partial charge in [0.05, 0.1) is 0 Å². The van der Waals surface area contributed by atoms with Gasteiger partial charge in [0.15, 0.2) is 0 Å². The van der Waals surface area contributed by atoms with Crippen LogP contribution in [0.25, 0.3) is 23.2 Å². The lowest BCUT2D eigenvalue weighted by molar-refractivity contribution is 1.33. The van der Waals surface area contributed by atoms with Gasteiger partial charge >= 0.3 is 0 Å². The molecule has 0 radical (unpaired) electrons. The third-order valence-electron chi connectivity index (χ3n) is 2.81. The Labute approximate surface area is 114 Å². The summed E-state index contributed by atoms with van der Waals surface area (Å²) in [6, 6.07) is 12.3. The first kappa shape index (κ1) is 11.2. The van der Waals surface area contributed by atoms with Crippen molar-refractivity contribution >= 4 is 39.1 Å². The molecule has 0 aliphatic rings. The summed E-state index contributed by atoms with van der Waals surface area (Å²) in [6.45, 7) is 0. The van der Waals surface area contributed by atoms with E-state index in [1.807, 2.05) is 24.4 Å². The number of benzene rings is 1. The Hall–Kier alpha value is -1.87. The van der Waals surface area contributed by atoms with Crippen molar-refractivity contribution < 1.29 is 0 Å². The molecule has 0 saturated carbocycles. The molecule has 0 amide bonds. The molecule has 0 bridgehead atoms. The second-order valence-corrected chi connectivity index (χ2v) is 4.94. The van der Waals surface area contributed by atoms with Crippen LogP contribution in [-0.2, 0) is 0 Å². The van der Waals surface area contributed by atoms with Crippen LogP contribution in [0.5, 0.6) is 0 Å². The second-order valence-electron chi connectivity index (χ2n) is 4.03. The SMILES string of the molecule is Brc1ccc(/C=C\c2c[nH]c3ncccc23)cc1. The smallest absolute Gasteiger partial charge is 0.137 e. The van der Waals surface area contributed by atoms with E-state index in [0.29, 0.717) is 0 Å². The minimum absolute atomic E-state index is 0.924. The summed E-state index contributed by atoms with van der Waals surface area (Å²) in [4.78, 5) is 7.44. The van der Waals surface area contributed by atoms with Crippen LogP contribution >= 0.6 is 15.9 Å². The third-order valence-corrected chi connectivity index (χ3v) is 3.34. The van der Waals surface area contributed by atoms with Gasteiger partial charge in [0, 0.05) is 27.8 Å². The minimum Gasteiger partial charge on any atom is -0.346 e. The van der Waals surface area contributed by atoms with E-state index >= 15 is 0 Å². The number of hydrogen-bond acceptors (Lipinski definition) is 1. The standard InChI is InChI=1S/C15H11BrN2/c16-13-7-4-11(5-8-13)3-6-12-10-18-15-14(12)2-1-9-17-15/h1-10H,(H,17,18)/b6-3-. The highest BCUT2D eigenvalue weighted by atomic mass is 79.9. The van der Waals surface area contributed by atoms with Gasteiger partial charge in [-0.25, -0.2) is 4.98 Å². The van der Waals surface area contributed by atoms with Crippen molar-refractivity contribution in [3.63, 3.8) is 0 Å². The van der Waals surface area contributed by atoms with Crippen molar-refractivity contribution in [3.8, 4) is 0 Å². The molecule has 0 saturated heterocycles. The highest BCUT2D eigenvalue weighted by Gasteiger charge is 1.99. The van der Waals surface area contributed by atoms with Crippen molar-refractivity contribution in [1.29, 1.82) is 0 Å². The number of hydrogen-bond donors (Lipinski definition) is 1. The molecule has 0 aliphatic heterocycles. The van der Waals surface area contributed by atoms with Crippen LogP contribution in [0.4, 0.5) is 0 Å². The number of aromatic amines is 1. The van der Waals surface area contributed by atoms with Gasteiger partial charge in [-0.3, -0.25) is 0 Å². The molecule has 2 nitrogen and oxygen atoms in total. The summed E-state index contributed by atoms with van der Waals surface area (Å²) in [5, 5.41) is 1.14. The lowest BCUT2D eigenvalue weighted by Gasteiger charge is -1.94. The lowest BCUT2D eigenvalue weighted by atomic mass is 10.1. The predicted octanol–water partition coefficient (Wildman–Crippen LogP) is 4.50. The van der Waals surface area contributed by atoms with Crippen LogP contribution in [-0.4, -0.2) is 9.97 Å². The van der Waals surface area contributed by atoms with E-state index in [-0.39, 0.29) is 0 Å². The van der Waals surface area contributed by atoms with Gasteiger partial charge in [0.25, 0.3) is 0 Å². The number of halogens is 1. The van der Waals surface area contributed by atoms with Gasteiger partial charge in [-0.2, -0.15) is 0 Å². The van der Waals surface area contributed by atoms with Crippen LogP contribution in [0, 0.1) is 0 Å². The largest absolute Gasteiger partial charge is 0.346 e. The van der Waals surface area contributed by atoms with Crippen molar-refractivity contribution in [2.24, 2.45) is 0 Å². The molecule has 3 aromatic rings. The Morgan fingerprint density at radius 2 is 1.89 bits per heavy atom. The fourth-order valence-electron chi connectivity index (χ4n) is 1.87. The van der Waals surface area contributed by atoms with Crippen molar-refractivity contribution in [2.45, 2.75) is 0 Å². The van der Waals surface area contributed by atoms with Crippen LogP contribution in [0.2, 0.25) is 0 Å². The molecule has 18 heavy (non-hydrogen) atoms. The number of nitrogens with one attached hydrogen (secondary N) is 1. The molecule has 0 aliphatic carbocycles. The van der Waals surface area contributed by atoms with Gasteiger partial charge in [0.1, 0.15) is 5.65 Å². The quantitative estimate of drug-likeness (QED) is 0.741.